The lowest BCUT2D eigenvalue weighted by molar-refractivity contribution is 0.0991. The maximum Gasteiger partial charge on any atom is 0.262 e. The van der Waals surface area contributed by atoms with E-state index in [1.807, 2.05) is 121 Å². The molecule has 0 unspecified atom stereocenters. The predicted octanol–water partition coefficient (Wildman–Crippen LogP) is 17.6. The molecule has 0 atom stereocenters. The minimum absolute atomic E-state index is 0.0627. The fourth-order valence-electron chi connectivity index (χ4n) is 9.43. The van der Waals surface area contributed by atoms with Crippen molar-refractivity contribution >= 4 is 66.4 Å². The minimum atomic E-state index is -0.317. The van der Waals surface area contributed by atoms with Gasteiger partial charge in [0.05, 0.1) is 0 Å². The zero-order chi connectivity index (χ0) is 44.3. The number of anilines is 4. The van der Waals surface area contributed by atoms with Crippen molar-refractivity contribution in [3.63, 3.8) is 0 Å². The average molecular weight is 967 g/mol. The summed E-state index contributed by atoms with van der Waals surface area (Å²) in [6.07, 6.45) is 16.5. The van der Waals surface area contributed by atoms with E-state index in [9.17, 15) is 9.59 Å². The highest BCUT2D eigenvalue weighted by Crippen LogP contribution is 2.56. The molecule has 6 aromatic carbocycles. The molecular weight excluding hydrogens is 904 g/mol. The molecule has 2 amide bonds. The van der Waals surface area contributed by atoms with Crippen molar-refractivity contribution in [1.29, 1.82) is 0 Å². The first-order chi connectivity index (χ1) is 30.6. The molecule has 6 heteroatoms. The third-order valence-corrected chi connectivity index (χ3v) is 14.0. The Morgan fingerprint density at radius 3 is 1.13 bits per heavy atom. The van der Waals surface area contributed by atoms with E-state index >= 15 is 0 Å². The number of aryl methyl sites for hydroxylation is 2. The third-order valence-electron chi connectivity index (χ3n) is 12.9. The summed E-state index contributed by atoms with van der Waals surface area (Å²) < 4.78 is 1.92. The number of nitrogens with zero attached hydrogens (tertiary/aromatic N) is 2. The van der Waals surface area contributed by atoms with Gasteiger partial charge < -0.3 is 0 Å². The highest BCUT2D eigenvalue weighted by atomic mass is 79.9. The lowest BCUT2D eigenvalue weighted by Gasteiger charge is -2.34. The molecule has 0 spiro atoms. The standard InChI is InChI=1S/C57H62Br2N2O2/c1-5-7-9-11-13-15-37-57(38-16-14-12-10-8-6-2)53-39-49(60(47-29-25-45(58)26-30-47)55(62)43-21-17-41(3)18-22-43)33-35-51(53)52-36-34-50(40-54(52)57)61(48-31-27-46(59)28-32-48)56(63)44-23-19-42(4)20-24-44/h17-36,39-40H,5-16,37-38H2,1-4H3. The smallest absolute Gasteiger partial charge is 0.262 e. The van der Waals surface area contributed by atoms with Crippen molar-refractivity contribution in [3.8, 4) is 11.1 Å². The summed E-state index contributed by atoms with van der Waals surface area (Å²) in [6, 6.07) is 45.3. The molecular formula is C57H62Br2N2O2. The van der Waals surface area contributed by atoms with Gasteiger partial charge in [0.1, 0.15) is 0 Å². The number of halogens is 2. The largest absolute Gasteiger partial charge is 0.277 e. The summed E-state index contributed by atoms with van der Waals surface area (Å²) in [7, 11) is 0. The van der Waals surface area contributed by atoms with Gasteiger partial charge in [-0.2, -0.15) is 0 Å². The summed E-state index contributed by atoms with van der Waals surface area (Å²) in [4.78, 5) is 33.3. The van der Waals surface area contributed by atoms with Crippen molar-refractivity contribution in [3.05, 3.63) is 176 Å². The summed E-state index contributed by atoms with van der Waals surface area (Å²) in [6.45, 7) is 8.65. The maximum absolute atomic E-state index is 14.8. The molecule has 1 aliphatic carbocycles. The Morgan fingerprint density at radius 2 is 0.762 bits per heavy atom. The van der Waals surface area contributed by atoms with Crippen LogP contribution < -0.4 is 9.80 Å². The second-order valence-electron chi connectivity index (χ2n) is 17.5. The van der Waals surface area contributed by atoms with Gasteiger partial charge in [-0.15, -0.1) is 0 Å². The number of unbranched alkanes of at least 4 members (excludes halogenated alkanes) is 10. The second kappa shape index (κ2) is 21.7. The molecule has 0 fully saturated rings. The molecule has 1 aliphatic rings. The molecule has 6 aromatic rings. The Kier molecular flexibility index (Phi) is 15.9. The fraction of sp³-hybridized carbons (Fsp3) is 0.333. The van der Waals surface area contributed by atoms with E-state index in [1.165, 1.54) is 86.5 Å². The van der Waals surface area contributed by atoms with Crippen LogP contribution in [0.3, 0.4) is 0 Å². The molecule has 63 heavy (non-hydrogen) atoms. The third kappa shape index (κ3) is 10.8. The number of amides is 2. The highest BCUT2D eigenvalue weighted by molar-refractivity contribution is 9.10. The number of carbonyl (C=O) groups excluding carboxylic acids is 2. The van der Waals surface area contributed by atoms with Gasteiger partial charge >= 0.3 is 0 Å². The first kappa shape index (κ1) is 46.2. The van der Waals surface area contributed by atoms with Crippen LogP contribution in [0.15, 0.2) is 142 Å². The van der Waals surface area contributed by atoms with E-state index in [2.05, 4.69) is 82.1 Å². The van der Waals surface area contributed by atoms with Gasteiger partial charge in [-0.05, 0) is 146 Å². The first-order valence-electron chi connectivity index (χ1n) is 23.3. The lowest BCUT2D eigenvalue weighted by atomic mass is 9.70. The van der Waals surface area contributed by atoms with E-state index in [1.54, 1.807) is 0 Å². The van der Waals surface area contributed by atoms with Crippen LogP contribution in [0.25, 0.3) is 11.1 Å². The van der Waals surface area contributed by atoms with Crippen molar-refractivity contribution in [2.75, 3.05) is 9.80 Å². The van der Waals surface area contributed by atoms with Gasteiger partial charge in [-0.3, -0.25) is 19.4 Å². The van der Waals surface area contributed by atoms with Crippen LogP contribution in [0.5, 0.6) is 0 Å². The number of hydrogen-bond acceptors (Lipinski definition) is 2. The van der Waals surface area contributed by atoms with Crippen LogP contribution >= 0.6 is 31.9 Å². The fourth-order valence-corrected chi connectivity index (χ4v) is 9.95. The van der Waals surface area contributed by atoms with Gasteiger partial charge in [0.25, 0.3) is 11.8 Å². The second-order valence-corrected chi connectivity index (χ2v) is 19.4. The van der Waals surface area contributed by atoms with Gasteiger partial charge in [-0.1, -0.05) is 170 Å². The van der Waals surface area contributed by atoms with Crippen molar-refractivity contribution < 1.29 is 9.59 Å². The van der Waals surface area contributed by atoms with Gasteiger partial charge in [0, 0.05) is 48.2 Å². The Bertz CT molecular complexity index is 2280. The normalized spacial score (nSPS) is 12.5. The maximum atomic E-state index is 14.8. The van der Waals surface area contributed by atoms with Crippen molar-refractivity contribution in [1.82, 2.24) is 0 Å². The first-order valence-corrected chi connectivity index (χ1v) is 24.8. The molecule has 0 aromatic heterocycles. The van der Waals surface area contributed by atoms with Gasteiger partial charge in [0.2, 0.25) is 0 Å². The molecule has 0 radical (unpaired) electrons. The van der Waals surface area contributed by atoms with Gasteiger partial charge in [0.15, 0.2) is 0 Å². The number of rotatable bonds is 20. The molecule has 4 nitrogen and oxygen atoms in total. The summed E-state index contributed by atoms with van der Waals surface area (Å²) in [5, 5.41) is 0. The lowest BCUT2D eigenvalue weighted by Crippen LogP contribution is -2.29. The van der Waals surface area contributed by atoms with Crippen LogP contribution in [0.1, 0.15) is 147 Å². The van der Waals surface area contributed by atoms with Gasteiger partial charge in [-0.25, -0.2) is 0 Å². The van der Waals surface area contributed by atoms with Crippen LogP contribution in [0.4, 0.5) is 22.7 Å². The van der Waals surface area contributed by atoms with Crippen LogP contribution in [-0.4, -0.2) is 11.8 Å². The Morgan fingerprint density at radius 1 is 0.429 bits per heavy atom. The van der Waals surface area contributed by atoms with E-state index in [4.69, 9.17) is 0 Å². The zero-order valence-electron chi connectivity index (χ0n) is 37.6. The topological polar surface area (TPSA) is 40.6 Å². The number of carbonyl (C=O) groups is 2. The SMILES string of the molecule is CCCCCCCCC1(CCCCCCCC)c2cc(N(C(=O)c3ccc(C)cc3)c3ccc(Br)cc3)ccc2-c2ccc(N(C(=O)c3ccc(C)cc3)c3ccc(Br)cc3)cc21. The summed E-state index contributed by atoms with van der Waals surface area (Å²) >= 11 is 7.26. The predicted molar refractivity (Wildman–Crippen MR) is 272 cm³/mol. The van der Waals surface area contributed by atoms with E-state index in [0.717, 1.165) is 68.5 Å². The monoisotopic (exact) mass is 964 g/mol. The molecule has 0 N–H and O–H groups in total. The van der Waals surface area contributed by atoms with E-state index < -0.39 is 0 Å². The van der Waals surface area contributed by atoms with E-state index in [-0.39, 0.29) is 17.2 Å². The van der Waals surface area contributed by atoms with E-state index in [0.29, 0.717) is 11.1 Å². The summed E-state index contributed by atoms with van der Waals surface area (Å²) in [5.41, 5.74) is 11.6. The molecule has 7 rings (SSSR count). The molecule has 0 heterocycles. The van der Waals surface area contributed by atoms with Crippen LogP contribution in [0.2, 0.25) is 0 Å². The number of hydrogen-bond donors (Lipinski definition) is 0. The minimum Gasteiger partial charge on any atom is -0.277 e. The highest BCUT2D eigenvalue weighted by Gasteiger charge is 2.43. The quantitative estimate of drug-likeness (QED) is 0.0715. The number of benzene rings is 6. The van der Waals surface area contributed by atoms with Crippen molar-refractivity contribution in [2.45, 2.75) is 123 Å². The van der Waals surface area contributed by atoms with Crippen molar-refractivity contribution in [2.24, 2.45) is 0 Å². The molecule has 0 bridgehead atoms. The molecule has 326 valence electrons. The Hall–Kier alpha value is -4.78. The molecule has 0 saturated carbocycles. The van der Waals surface area contributed by atoms with Crippen LogP contribution in [0, 0.1) is 13.8 Å². The Labute approximate surface area is 393 Å². The zero-order valence-corrected chi connectivity index (χ0v) is 40.7. The Balaban J connectivity index is 1.40. The summed E-state index contributed by atoms with van der Waals surface area (Å²) in [5.74, 6) is -0.125. The number of fused-ring (bicyclic) bond motifs is 3. The molecule has 0 aliphatic heterocycles. The van der Waals surface area contributed by atoms with Crippen LogP contribution in [-0.2, 0) is 5.41 Å². The average Bonchev–Trinajstić information content (AvgIpc) is 3.55. The molecule has 0 saturated heterocycles.